The smallest absolute Gasteiger partial charge is 0.272 e. The number of hydrogen-bond donors (Lipinski definition) is 3. The minimum absolute atomic E-state index is 0.206. The normalized spacial score (nSPS) is 9.60. The molecule has 2 aromatic rings. The van der Waals surface area contributed by atoms with Crippen molar-refractivity contribution >= 4 is 11.7 Å². The van der Waals surface area contributed by atoms with E-state index in [1.807, 2.05) is 6.07 Å². The van der Waals surface area contributed by atoms with Gasteiger partial charge < -0.3 is 10.7 Å². The van der Waals surface area contributed by atoms with Crippen LogP contribution in [-0.2, 0) is 6.54 Å². The summed E-state index contributed by atoms with van der Waals surface area (Å²) in [5.74, 6) is 5.21. The van der Waals surface area contributed by atoms with E-state index in [4.69, 9.17) is 11.1 Å². The van der Waals surface area contributed by atoms with Gasteiger partial charge in [-0.05, 0) is 29.8 Å². The highest BCUT2D eigenvalue weighted by Crippen LogP contribution is 2.04. The molecule has 0 spiro atoms. The Morgan fingerprint density at radius 2 is 1.95 bits per heavy atom. The van der Waals surface area contributed by atoms with E-state index in [9.17, 15) is 4.79 Å². The lowest BCUT2D eigenvalue weighted by Gasteiger charge is -2.05. The van der Waals surface area contributed by atoms with Crippen LogP contribution in [0.2, 0.25) is 0 Å². The summed E-state index contributed by atoms with van der Waals surface area (Å²) < 4.78 is 0. The largest absolute Gasteiger partial charge is 0.347 e. The number of hydrazine groups is 1. The molecule has 0 aliphatic carbocycles. The van der Waals surface area contributed by atoms with Crippen molar-refractivity contribution in [3.05, 3.63) is 53.2 Å². The fourth-order valence-electron chi connectivity index (χ4n) is 1.50. The molecule has 1 amide bonds. The summed E-state index contributed by atoms with van der Waals surface area (Å²) in [5.41, 5.74) is 4.01. The molecule has 7 heteroatoms. The molecule has 7 nitrogen and oxygen atoms in total. The number of rotatable bonds is 4. The first-order chi connectivity index (χ1) is 9.72. The van der Waals surface area contributed by atoms with E-state index < -0.39 is 0 Å². The van der Waals surface area contributed by atoms with Crippen LogP contribution in [0.15, 0.2) is 36.4 Å². The van der Waals surface area contributed by atoms with E-state index in [0.29, 0.717) is 17.9 Å². The summed E-state index contributed by atoms with van der Waals surface area (Å²) in [4.78, 5) is 11.8. The van der Waals surface area contributed by atoms with Gasteiger partial charge in [-0.3, -0.25) is 4.79 Å². The van der Waals surface area contributed by atoms with Gasteiger partial charge in [-0.15, -0.1) is 10.2 Å². The molecule has 0 aliphatic rings. The van der Waals surface area contributed by atoms with Crippen LogP contribution in [0.3, 0.4) is 0 Å². The molecule has 0 radical (unpaired) electrons. The Labute approximate surface area is 115 Å². The van der Waals surface area contributed by atoms with Crippen molar-refractivity contribution in [2.75, 3.05) is 5.43 Å². The van der Waals surface area contributed by atoms with Crippen LogP contribution in [0.25, 0.3) is 0 Å². The first kappa shape index (κ1) is 13.5. The van der Waals surface area contributed by atoms with Crippen LogP contribution in [0, 0.1) is 11.3 Å². The Morgan fingerprint density at radius 1 is 1.20 bits per heavy atom. The summed E-state index contributed by atoms with van der Waals surface area (Å²) in [6.45, 7) is 0.350. The number of hydrogen-bond acceptors (Lipinski definition) is 6. The number of carbonyl (C=O) groups excluding carboxylic acids is 1. The van der Waals surface area contributed by atoms with E-state index in [0.717, 1.165) is 5.56 Å². The number of nitrogen functional groups attached to an aromatic ring is 1. The summed E-state index contributed by atoms with van der Waals surface area (Å²) in [5, 5.41) is 18.9. The average Bonchev–Trinajstić information content (AvgIpc) is 2.53. The molecule has 0 fully saturated rings. The van der Waals surface area contributed by atoms with E-state index in [-0.39, 0.29) is 11.6 Å². The Hall–Kier alpha value is -2.98. The molecule has 1 aromatic heterocycles. The molecule has 0 saturated heterocycles. The lowest BCUT2D eigenvalue weighted by Crippen LogP contribution is -2.24. The number of nitrogens with zero attached hydrogens (tertiary/aromatic N) is 3. The van der Waals surface area contributed by atoms with Crippen molar-refractivity contribution in [3.8, 4) is 6.07 Å². The molecule has 100 valence electrons. The third-order valence-corrected chi connectivity index (χ3v) is 2.58. The number of anilines is 1. The lowest BCUT2D eigenvalue weighted by atomic mass is 10.1. The van der Waals surface area contributed by atoms with Gasteiger partial charge in [-0.2, -0.15) is 5.26 Å². The summed E-state index contributed by atoms with van der Waals surface area (Å²) in [6, 6.07) is 12.1. The van der Waals surface area contributed by atoms with Gasteiger partial charge in [-0.25, -0.2) is 5.84 Å². The van der Waals surface area contributed by atoms with Crippen molar-refractivity contribution in [2.45, 2.75) is 6.54 Å². The molecule has 0 unspecified atom stereocenters. The second-order valence-corrected chi connectivity index (χ2v) is 3.94. The standard InChI is InChI=1S/C13H12N6O/c14-7-9-1-3-10(4-2-9)8-16-13(20)11-5-6-12(17-15)19-18-11/h1-6H,8,15H2,(H,16,20)(H,17,19). The van der Waals surface area contributed by atoms with E-state index in [2.05, 4.69) is 20.9 Å². The molecule has 20 heavy (non-hydrogen) atoms. The molecule has 4 N–H and O–H groups in total. The van der Waals surface area contributed by atoms with Crippen molar-refractivity contribution < 1.29 is 4.79 Å². The zero-order valence-electron chi connectivity index (χ0n) is 10.5. The van der Waals surface area contributed by atoms with Gasteiger partial charge >= 0.3 is 0 Å². The van der Waals surface area contributed by atoms with Crippen LogP contribution in [0.1, 0.15) is 21.6 Å². The van der Waals surface area contributed by atoms with Crippen molar-refractivity contribution in [2.24, 2.45) is 5.84 Å². The van der Waals surface area contributed by atoms with Gasteiger partial charge in [0.05, 0.1) is 11.6 Å². The van der Waals surface area contributed by atoms with Crippen LogP contribution >= 0.6 is 0 Å². The maximum absolute atomic E-state index is 11.8. The van der Waals surface area contributed by atoms with Crippen LogP contribution in [-0.4, -0.2) is 16.1 Å². The summed E-state index contributed by atoms with van der Waals surface area (Å²) in [7, 11) is 0. The Bertz CT molecular complexity index is 629. The predicted molar refractivity (Wildman–Crippen MR) is 72.2 cm³/mol. The van der Waals surface area contributed by atoms with E-state index in [1.165, 1.54) is 6.07 Å². The van der Waals surface area contributed by atoms with Gasteiger partial charge in [-0.1, -0.05) is 12.1 Å². The average molecular weight is 268 g/mol. The molecular formula is C13H12N6O. The first-order valence-electron chi connectivity index (χ1n) is 5.80. The van der Waals surface area contributed by atoms with Crippen molar-refractivity contribution in [1.29, 1.82) is 5.26 Å². The first-order valence-corrected chi connectivity index (χ1v) is 5.80. The SMILES string of the molecule is N#Cc1ccc(CNC(=O)c2ccc(NN)nn2)cc1. The molecule has 0 saturated carbocycles. The number of nitrogens with two attached hydrogens (primary N) is 1. The zero-order valence-corrected chi connectivity index (χ0v) is 10.5. The minimum Gasteiger partial charge on any atom is -0.347 e. The molecule has 0 bridgehead atoms. The number of carbonyl (C=O) groups is 1. The van der Waals surface area contributed by atoms with Crippen molar-refractivity contribution in [3.63, 3.8) is 0 Å². The van der Waals surface area contributed by atoms with Gasteiger partial charge in [0.1, 0.15) is 0 Å². The topological polar surface area (TPSA) is 117 Å². The second kappa shape index (κ2) is 6.26. The summed E-state index contributed by atoms with van der Waals surface area (Å²) in [6.07, 6.45) is 0. The highest BCUT2D eigenvalue weighted by molar-refractivity contribution is 5.92. The fourth-order valence-corrected chi connectivity index (χ4v) is 1.50. The van der Waals surface area contributed by atoms with Crippen LogP contribution in [0.5, 0.6) is 0 Å². The molecule has 1 heterocycles. The molecular weight excluding hydrogens is 256 g/mol. The number of amides is 1. The maximum atomic E-state index is 11.8. The van der Waals surface area contributed by atoms with E-state index in [1.54, 1.807) is 30.3 Å². The number of nitrogens with one attached hydrogen (secondary N) is 2. The number of aromatic nitrogens is 2. The summed E-state index contributed by atoms with van der Waals surface area (Å²) >= 11 is 0. The predicted octanol–water partition coefficient (Wildman–Crippen LogP) is 0.564. The highest BCUT2D eigenvalue weighted by Gasteiger charge is 2.07. The Balaban J connectivity index is 1.95. The van der Waals surface area contributed by atoms with Crippen LogP contribution < -0.4 is 16.6 Å². The van der Waals surface area contributed by atoms with Gasteiger partial charge in [0.15, 0.2) is 11.5 Å². The number of benzene rings is 1. The maximum Gasteiger partial charge on any atom is 0.272 e. The quantitative estimate of drug-likeness (QED) is 0.551. The second-order valence-electron chi connectivity index (χ2n) is 3.94. The third kappa shape index (κ3) is 3.28. The van der Waals surface area contributed by atoms with E-state index >= 15 is 0 Å². The third-order valence-electron chi connectivity index (χ3n) is 2.58. The van der Waals surface area contributed by atoms with Crippen molar-refractivity contribution in [1.82, 2.24) is 15.5 Å². The van der Waals surface area contributed by atoms with Gasteiger partial charge in [0.25, 0.3) is 5.91 Å². The van der Waals surface area contributed by atoms with Crippen LogP contribution in [0.4, 0.5) is 5.82 Å². The van der Waals surface area contributed by atoms with Gasteiger partial charge in [0.2, 0.25) is 0 Å². The molecule has 0 aliphatic heterocycles. The van der Waals surface area contributed by atoms with Gasteiger partial charge in [0, 0.05) is 6.54 Å². The minimum atomic E-state index is -0.328. The lowest BCUT2D eigenvalue weighted by molar-refractivity contribution is 0.0945. The molecule has 0 atom stereocenters. The molecule has 1 aromatic carbocycles. The highest BCUT2D eigenvalue weighted by atomic mass is 16.1. The Morgan fingerprint density at radius 3 is 2.50 bits per heavy atom. The Kier molecular flexibility index (Phi) is 4.21. The molecule has 2 rings (SSSR count). The zero-order chi connectivity index (χ0) is 14.4. The fraction of sp³-hybridized carbons (Fsp3) is 0.0769. The number of nitriles is 1. The monoisotopic (exact) mass is 268 g/mol.